The average molecular weight is 353 g/mol. The molecule has 0 heterocycles. The second kappa shape index (κ2) is 5.12. The van der Waals surface area contributed by atoms with Gasteiger partial charge in [0.15, 0.2) is 0 Å². The molecule has 2 rings (SSSR count). The summed E-state index contributed by atoms with van der Waals surface area (Å²) in [6, 6.07) is 4.64. The summed E-state index contributed by atoms with van der Waals surface area (Å²) in [4.78, 5) is 0.249. The molecule has 1 aliphatic rings. The van der Waals surface area contributed by atoms with E-state index in [1.165, 1.54) is 12.1 Å². The lowest BCUT2D eigenvalue weighted by molar-refractivity contribution is 0.214. The maximum absolute atomic E-state index is 12.3. The highest BCUT2D eigenvalue weighted by Gasteiger charge is 2.39. The average Bonchev–Trinajstić information content (AvgIpc) is 2.27. The molecule has 0 unspecified atom stereocenters. The summed E-state index contributed by atoms with van der Waals surface area (Å²) in [7, 11) is -3.47. The van der Waals surface area contributed by atoms with Crippen LogP contribution in [0, 0.1) is 0 Å². The molecule has 1 saturated carbocycles. The van der Waals surface area contributed by atoms with Crippen LogP contribution in [0.25, 0.3) is 0 Å². The van der Waals surface area contributed by atoms with Gasteiger partial charge in [0.1, 0.15) is 0 Å². The van der Waals surface area contributed by atoms with Gasteiger partial charge >= 0.3 is 0 Å². The van der Waals surface area contributed by atoms with Crippen LogP contribution < -0.4 is 4.72 Å². The summed E-state index contributed by atoms with van der Waals surface area (Å²) in [5.41, 5.74) is -0.245. The van der Waals surface area contributed by atoms with Crippen molar-refractivity contribution in [2.75, 3.05) is 0 Å². The highest BCUT2D eigenvalue weighted by Crippen LogP contribution is 2.36. The SMILES string of the molecule is CCC1(NS(=O)(=O)c2ccc(Cl)c(Br)c2)CCC1. The van der Waals surface area contributed by atoms with Gasteiger partial charge < -0.3 is 0 Å². The lowest BCUT2D eigenvalue weighted by atomic mass is 9.76. The van der Waals surface area contributed by atoms with Gasteiger partial charge in [0, 0.05) is 10.0 Å². The first-order chi connectivity index (χ1) is 8.38. The third-order valence-electron chi connectivity index (χ3n) is 3.54. The van der Waals surface area contributed by atoms with Crippen LogP contribution in [0.3, 0.4) is 0 Å². The lowest BCUT2D eigenvalue weighted by Gasteiger charge is -2.41. The van der Waals surface area contributed by atoms with E-state index < -0.39 is 10.0 Å². The zero-order valence-corrected chi connectivity index (χ0v) is 13.2. The van der Waals surface area contributed by atoms with E-state index in [2.05, 4.69) is 20.7 Å². The van der Waals surface area contributed by atoms with Crippen molar-refractivity contribution in [1.82, 2.24) is 4.72 Å². The van der Waals surface area contributed by atoms with Gasteiger partial charge in [0.2, 0.25) is 10.0 Å². The van der Waals surface area contributed by atoms with Crippen LogP contribution in [0.2, 0.25) is 5.02 Å². The normalized spacial score (nSPS) is 18.4. The molecule has 3 nitrogen and oxygen atoms in total. The van der Waals surface area contributed by atoms with Crippen molar-refractivity contribution >= 4 is 37.6 Å². The van der Waals surface area contributed by atoms with Crippen molar-refractivity contribution in [2.24, 2.45) is 0 Å². The molecular weight excluding hydrogens is 338 g/mol. The third-order valence-corrected chi connectivity index (χ3v) is 6.33. The Morgan fingerprint density at radius 3 is 2.56 bits per heavy atom. The van der Waals surface area contributed by atoms with Crippen molar-refractivity contribution in [3.05, 3.63) is 27.7 Å². The molecule has 0 saturated heterocycles. The van der Waals surface area contributed by atoms with Crippen LogP contribution in [0.15, 0.2) is 27.6 Å². The molecule has 0 spiro atoms. The van der Waals surface area contributed by atoms with Crippen molar-refractivity contribution < 1.29 is 8.42 Å². The number of sulfonamides is 1. The molecule has 0 bridgehead atoms. The maximum Gasteiger partial charge on any atom is 0.241 e. The smallest absolute Gasteiger partial charge is 0.207 e. The summed E-state index contributed by atoms with van der Waals surface area (Å²) >= 11 is 9.11. The summed E-state index contributed by atoms with van der Waals surface area (Å²) < 4.78 is 28.0. The first-order valence-corrected chi connectivity index (χ1v) is 8.53. The number of rotatable bonds is 4. The summed E-state index contributed by atoms with van der Waals surface area (Å²) in [5, 5.41) is 0.503. The monoisotopic (exact) mass is 351 g/mol. The van der Waals surface area contributed by atoms with E-state index >= 15 is 0 Å². The Balaban J connectivity index is 2.28. The van der Waals surface area contributed by atoms with E-state index in [1.54, 1.807) is 6.07 Å². The first kappa shape index (κ1) is 14.3. The molecule has 6 heteroatoms. The Morgan fingerprint density at radius 1 is 1.44 bits per heavy atom. The van der Waals surface area contributed by atoms with Gasteiger partial charge in [0.05, 0.1) is 9.92 Å². The van der Waals surface area contributed by atoms with Crippen molar-refractivity contribution in [2.45, 2.75) is 43.0 Å². The van der Waals surface area contributed by atoms with Crippen LogP contribution in [0.4, 0.5) is 0 Å². The molecule has 0 atom stereocenters. The maximum atomic E-state index is 12.3. The minimum absolute atomic E-state index is 0.245. The zero-order chi connectivity index (χ0) is 13.4. The van der Waals surface area contributed by atoms with Crippen molar-refractivity contribution in [3.8, 4) is 0 Å². The molecule has 1 aromatic rings. The Hall–Kier alpha value is -0.100. The summed E-state index contributed by atoms with van der Waals surface area (Å²) in [6.45, 7) is 2.01. The summed E-state index contributed by atoms with van der Waals surface area (Å²) in [6.07, 6.45) is 3.73. The van der Waals surface area contributed by atoms with Gasteiger partial charge in [-0.15, -0.1) is 0 Å². The molecule has 1 N–H and O–H groups in total. The molecule has 1 fully saturated rings. The minimum Gasteiger partial charge on any atom is -0.207 e. The fourth-order valence-electron chi connectivity index (χ4n) is 2.12. The molecule has 0 radical (unpaired) electrons. The highest BCUT2D eigenvalue weighted by molar-refractivity contribution is 9.10. The topological polar surface area (TPSA) is 46.2 Å². The number of benzene rings is 1. The van der Waals surface area contributed by atoms with Crippen molar-refractivity contribution in [3.63, 3.8) is 0 Å². The Bertz CT molecular complexity index is 550. The van der Waals surface area contributed by atoms with Crippen LogP contribution in [0.1, 0.15) is 32.6 Å². The summed E-state index contributed by atoms with van der Waals surface area (Å²) in [5.74, 6) is 0. The number of hydrogen-bond donors (Lipinski definition) is 1. The standard InChI is InChI=1S/C12H15BrClNO2S/c1-2-12(6-3-7-12)15-18(16,17)9-4-5-11(14)10(13)8-9/h4-5,8,15H,2-3,6-7H2,1H3. The fraction of sp³-hybridized carbons (Fsp3) is 0.500. The molecule has 1 aromatic carbocycles. The van der Waals surface area contributed by atoms with E-state index in [1.807, 2.05) is 6.92 Å². The van der Waals surface area contributed by atoms with Gasteiger partial charge in [-0.2, -0.15) is 0 Å². The Morgan fingerprint density at radius 2 is 2.11 bits per heavy atom. The van der Waals surface area contributed by atoms with Gasteiger partial charge in [-0.25, -0.2) is 13.1 Å². The minimum atomic E-state index is -3.47. The third kappa shape index (κ3) is 2.74. The van der Waals surface area contributed by atoms with Gasteiger partial charge in [-0.1, -0.05) is 18.5 Å². The van der Waals surface area contributed by atoms with Crippen LogP contribution in [-0.2, 0) is 10.0 Å². The van der Waals surface area contributed by atoms with Gasteiger partial charge in [0.25, 0.3) is 0 Å². The number of halogens is 2. The van der Waals surface area contributed by atoms with Gasteiger partial charge in [-0.05, 0) is 59.8 Å². The quantitative estimate of drug-likeness (QED) is 0.898. The lowest BCUT2D eigenvalue weighted by Crippen LogP contribution is -2.52. The van der Waals surface area contributed by atoms with Crippen LogP contribution in [0.5, 0.6) is 0 Å². The van der Waals surface area contributed by atoms with Gasteiger partial charge in [-0.3, -0.25) is 0 Å². The van der Waals surface area contributed by atoms with Crippen molar-refractivity contribution in [1.29, 1.82) is 0 Å². The number of nitrogens with one attached hydrogen (secondary N) is 1. The van der Waals surface area contributed by atoms with E-state index in [0.29, 0.717) is 9.50 Å². The second-order valence-corrected chi connectivity index (χ2v) is 7.61. The molecule has 100 valence electrons. The molecule has 0 aromatic heterocycles. The van der Waals surface area contributed by atoms with Crippen LogP contribution in [-0.4, -0.2) is 14.0 Å². The first-order valence-electron chi connectivity index (χ1n) is 5.88. The van der Waals surface area contributed by atoms with E-state index in [9.17, 15) is 8.42 Å². The highest BCUT2D eigenvalue weighted by atomic mass is 79.9. The Kier molecular flexibility index (Phi) is 4.07. The molecule has 0 amide bonds. The predicted molar refractivity (Wildman–Crippen MR) is 76.3 cm³/mol. The predicted octanol–water partition coefficient (Wildman–Crippen LogP) is 3.71. The number of hydrogen-bond acceptors (Lipinski definition) is 2. The van der Waals surface area contributed by atoms with E-state index in [4.69, 9.17) is 11.6 Å². The largest absolute Gasteiger partial charge is 0.241 e. The molecule has 0 aliphatic heterocycles. The molecular formula is C12H15BrClNO2S. The molecule has 1 aliphatic carbocycles. The van der Waals surface area contributed by atoms with E-state index in [0.717, 1.165) is 25.7 Å². The van der Waals surface area contributed by atoms with E-state index in [-0.39, 0.29) is 10.4 Å². The molecule has 18 heavy (non-hydrogen) atoms. The van der Waals surface area contributed by atoms with Crippen LogP contribution >= 0.6 is 27.5 Å². The zero-order valence-electron chi connectivity index (χ0n) is 10.0. The Labute approximate surface area is 121 Å². The fourth-order valence-corrected chi connectivity index (χ4v) is 4.32. The second-order valence-electron chi connectivity index (χ2n) is 4.67.